The van der Waals surface area contributed by atoms with Gasteiger partial charge in [-0.25, -0.2) is 9.59 Å². The van der Waals surface area contributed by atoms with E-state index in [-0.39, 0.29) is 13.1 Å². The monoisotopic (exact) mass is 358 g/mol. The Morgan fingerprint density at radius 3 is 1.77 bits per heavy atom. The van der Waals surface area contributed by atoms with Gasteiger partial charge < -0.3 is 19.3 Å². The van der Waals surface area contributed by atoms with Gasteiger partial charge in [-0.05, 0) is 24.3 Å². The van der Waals surface area contributed by atoms with Crippen molar-refractivity contribution in [1.82, 2.24) is 0 Å². The molecule has 2 aromatic rings. The van der Waals surface area contributed by atoms with Crippen LogP contribution in [-0.4, -0.2) is 48.9 Å². The number of aliphatic hydroxyl groups excluding tert-OH is 1. The number of esters is 2. The molecule has 0 saturated carbocycles. The third-order valence-electron chi connectivity index (χ3n) is 3.44. The quantitative estimate of drug-likeness (QED) is 0.413. The average molecular weight is 358 g/mol. The molecular weight excluding hydrogens is 340 g/mol. The summed E-state index contributed by atoms with van der Waals surface area (Å²) in [6, 6.07) is 16.5. The van der Waals surface area contributed by atoms with Gasteiger partial charge in [0.1, 0.15) is 19.3 Å². The highest BCUT2D eigenvalue weighted by Gasteiger charge is 2.24. The fourth-order valence-corrected chi connectivity index (χ4v) is 2.05. The first-order valence-corrected chi connectivity index (χ1v) is 7.83. The summed E-state index contributed by atoms with van der Waals surface area (Å²) in [5, 5.41) is 10.1. The second-order valence-electron chi connectivity index (χ2n) is 5.27. The van der Waals surface area contributed by atoms with E-state index in [0.717, 1.165) is 0 Å². The summed E-state index contributed by atoms with van der Waals surface area (Å²) in [5.74, 6) is -1.26. The van der Waals surface area contributed by atoms with Crippen molar-refractivity contribution >= 4 is 18.4 Å². The number of carbonyl (C=O) groups is 3. The van der Waals surface area contributed by atoms with Crippen molar-refractivity contribution in [2.45, 2.75) is 12.2 Å². The van der Waals surface area contributed by atoms with E-state index < -0.39 is 30.8 Å². The molecule has 0 radical (unpaired) electrons. The van der Waals surface area contributed by atoms with E-state index in [4.69, 9.17) is 14.2 Å². The van der Waals surface area contributed by atoms with E-state index in [0.29, 0.717) is 11.1 Å². The molecule has 0 saturated heterocycles. The highest BCUT2D eigenvalue weighted by molar-refractivity contribution is 5.89. The van der Waals surface area contributed by atoms with Gasteiger partial charge in [-0.1, -0.05) is 36.4 Å². The minimum Gasteiger partial charge on any atom is -0.459 e. The Morgan fingerprint density at radius 2 is 1.31 bits per heavy atom. The lowest BCUT2D eigenvalue weighted by Crippen LogP contribution is -2.38. The van der Waals surface area contributed by atoms with Crippen molar-refractivity contribution in [3.63, 3.8) is 0 Å². The zero-order chi connectivity index (χ0) is 18.8. The molecule has 0 aliphatic rings. The first-order valence-electron chi connectivity index (χ1n) is 7.83. The van der Waals surface area contributed by atoms with Crippen LogP contribution in [0.15, 0.2) is 60.7 Å². The molecule has 0 spiro atoms. The SMILES string of the molecule is O=CO[C@H](COC(=O)c1ccccc1)[C@H](O)COC(=O)c1ccccc1. The van der Waals surface area contributed by atoms with Crippen LogP contribution >= 0.6 is 0 Å². The highest BCUT2D eigenvalue weighted by Crippen LogP contribution is 2.07. The average Bonchev–Trinajstić information content (AvgIpc) is 2.70. The van der Waals surface area contributed by atoms with Gasteiger partial charge >= 0.3 is 11.9 Å². The van der Waals surface area contributed by atoms with E-state index in [9.17, 15) is 19.5 Å². The van der Waals surface area contributed by atoms with E-state index in [2.05, 4.69) is 0 Å². The Balaban J connectivity index is 1.86. The van der Waals surface area contributed by atoms with Crippen LogP contribution in [0.3, 0.4) is 0 Å². The van der Waals surface area contributed by atoms with Crippen LogP contribution in [0.1, 0.15) is 20.7 Å². The number of hydrogen-bond acceptors (Lipinski definition) is 7. The summed E-state index contributed by atoms with van der Waals surface area (Å²) >= 11 is 0. The van der Waals surface area contributed by atoms with E-state index in [1.54, 1.807) is 60.7 Å². The molecular formula is C19H18O7. The fourth-order valence-electron chi connectivity index (χ4n) is 2.05. The summed E-state index contributed by atoms with van der Waals surface area (Å²) in [4.78, 5) is 34.4. The zero-order valence-corrected chi connectivity index (χ0v) is 13.8. The molecule has 0 fully saturated rings. The molecule has 136 valence electrons. The van der Waals surface area contributed by atoms with Gasteiger partial charge in [0.25, 0.3) is 6.47 Å². The Hall–Kier alpha value is -3.19. The van der Waals surface area contributed by atoms with Crippen molar-refractivity contribution in [3.8, 4) is 0 Å². The molecule has 0 unspecified atom stereocenters. The van der Waals surface area contributed by atoms with Crippen molar-refractivity contribution in [2.24, 2.45) is 0 Å². The largest absolute Gasteiger partial charge is 0.459 e. The second kappa shape index (κ2) is 9.95. The summed E-state index contributed by atoms with van der Waals surface area (Å²) in [6.07, 6.45) is -2.51. The molecule has 0 heterocycles. The maximum atomic E-state index is 11.9. The van der Waals surface area contributed by atoms with Crippen molar-refractivity contribution < 1.29 is 33.7 Å². The highest BCUT2D eigenvalue weighted by atomic mass is 16.6. The van der Waals surface area contributed by atoms with Crippen LogP contribution in [0, 0.1) is 0 Å². The number of carbonyl (C=O) groups excluding carboxylic acids is 3. The smallest absolute Gasteiger partial charge is 0.338 e. The minimum atomic E-state index is -1.35. The molecule has 0 amide bonds. The predicted octanol–water partition coefficient (Wildman–Crippen LogP) is 1.60. The molecule has 0 aliphatic heterocycles. The molecule has 7 heteroatoms. The second-order valence-corrected chi connectivity index (χ2v) is 5.27. The lowest BCUT2D eigenvalue weighted by atomic mass is 10.2. The molecule has 26 heavy (non-hydrogen) atoms. The van der Waals surface area contributed by atoms with E-state index >= 15 is 0 Å². The Kier molecular flexibility index (Phi) is 7.32. The van der Waals surface area contributed by atoms with Gasteiger partial charge in [-0.3, -0.25) is 4.79 Å². The van der Waals surface area contributed by atoms with Crippen LogP contribution in [0.25, 0.3) is 0 Å². The van der Waals surface area contributed by atoms with Gasteiger partial charge in [0.15, 0.2) is 6.10 Å². The molecule has 1 N–H and O–H groups in total. The number of hydrogen-bond donors (Lipinski definition) is 1. The van der Waals surface area contributed by atoms with Crippen LogP contribution in [-0.2, 0) is 19.0 Å². The predicted molar refractivity (Wildman–Crippen MR) is 90.4 cm³/mol. The molecule has 2 rings (SSSR count). The topological polar surface area (TPSA) is 99.1 Å². The van der Waals surface area contributed by atoms with Gasteiger partial charge in [-0.2, -0.15) is 0 Å². The minimum absolute atomic E-state index is 0.128. The lowest BCUT2D eigenvalue weighted by Gasteiger charge is -2.21. The first kappa shape index (κ1) is 19.1. The Labute approximate surface area is 150 Å². The number of benzene rings is 2. The van der Waals surface area contributed by atoms with Gasteiger partial charge in [0.05, 0.1) is 11.1 Å². The van der Waals surface area contributed by atoms with Crippen LogP contribution in [0.4, 0.5) is 0 Å². The van der Waals surface area contributed by atoms with Crippen LogP contribution < -0.4 is 0 Å². The third-order valence-corrected chi connectivity index (χ3v) is 3.44. The van der Waals surface area contributed by atoms with Crippen LogP contribution in [0.2, 0.25) is 0 Å². The summed E-state index contributed by atoms with van der Waals surface area (Å²) in [7, 11) is 0. The maximum Gasteiger partial charge on any atom is 0.338 e. The first-order chi connectivity index (χ1) is 12.6. The van der Waals surface area contributed by atoms with Crippen molar-refractivity contribution in [3.05, 3.63) is 71.8 Å². The molecule has 7 nitrogen and oxygen atoms in total. The number of rotatable bonds is 9. The van der Waals surface area contributed by atoms with Crippen LogP contribution in [0.5, 0.6) is 0 Å². The third kappa shape index (κ3) is 5.71. The summed E-state index contributed by atoms with van der Waals surface area (Å²) in [5.41, 5.74) is 0.644. The van der Waals surface area contributed by atoms with Crippen molar-refractivity contribution in [2.75, 3.05) is 13.2 Å². The lowest BCUT2D eigenvalue weighted by molar-refractivity contribution is -0.144. The molecule has 0 bridgehead atoms. The van der Waals surface area contributed by atoms with Crippen molar-refractivity contribution in [1.29, 1.82) is 0 Å². The zero-order valence-electron chi connectivity index (χ0n) is 13.8. The normalized spacial score (nSPS) is 12.5. The fraction of sp³-hybridized carbons (Fsp3) is 0.211. The Bertz CT molecular complexity index is 715. The standard InChI is InChI=1S/C19H18O7/c20-13-26-17(12-25-19(23)15-9-5-2-6-10-15)16(21)11-24-18(22)14-7-3-1-4-8-14/h1-10,13,16-17,21H,11-12H2/t16-,17-/m1/s1. The van der Waals surface area contributed by atoms with Gasteiger partial charge in [0, 0.05) is 0 Å². The number of ether oxygens (including phenoxy) is 3. The molecule has 2 atom stereocenters. The van der Waals surface area contributed by atoms with Gasteiger partial charge in [0.2, 0.25) is 0 Å². The van der Waals surface area contributed by atoms with E-state index in [1.807, 2.05) is 0 Å². The van der Waals surface area contributed by atoms with Gasteiger partial charge in [-0.15, -0.1) is 0 Å². The Morgan fingerprint density at radius 1 is 0.846 bits per heavy atom. The molecule has 0 aliphatic carbocycles. The molecule has 0 aromatic heterocycles. The molecule has 2 aromatic carbocycles. The summed E-state index contributed by atoms with van der Waals surface area (Å²) < 4.78 is 14.7. The number of aliphatic hydroxyl groups is 1. The maximum absolute atomic E-state index is 11.9. The summed E-state index contributed by atoms with van der Waals surface area (Å²) in [6.45, 7) is -0.672. The van der Waals surface area contributed by atoms with E-state index in [1.165, 1.54) is 0 Å².